The summed E-state index contributed by atoms with van der Waals surface area (Å²) < 4.78 is 0. The molecule has 136 valence electrons. The van der Waals surface area contributed by atoms with Gasteiger partial charge < -0.3 is 9.88 Å². The predicted molar refractivity (Wildman–Crippen MR) is 107 cm³/mol. The van der Waals surface area contributed by atoms with Crippen molar-refractivity contribution in [3.8, 4) is 11.4 Å². The van der Waals surface area contributed by atoms with Gasteiger partial charge in [-0.2, -0.15) is 0 Å². The molecule has 0 aliphatic carbocycles. The molecule has 4 nitrogen and oxygen atoms in total. The third-order valence-electron chi connectivity index (χ3n) is 4.92. The number of hydrogen-bond donors (Lipinski definition) is 1. The van der Waals surface area contributed by atoms with Crippen molar-refractivity contribution in [2.45, 2.75) is 40.0 Å². The number of carbonyl (C=O) groups is 1. The maximum atomic E-state index is 12.3. The second-order valence-electron chi connectivity index (χ2n) is 6.66. The zero-order valence-corrected chi connectivity index (χ0v) is 15.9. The largest absolute Gasteiger partial charge is 0.353 e. The summed E-state index contributed by atoms with van der Waals surface area (Å²) >= 11 is 0. The van der Waals surface area contributed by atoms with Crippen LogP contribution in [0.1, 0.15) is 37.8 Å². The fourth-order valence-electron chi connectivity index (χ4n) is 3.50. The van der Waals surface area contributed by atoms with E-state index in [1.165, 1.54) is 16.5 Å². The van der Waals surface area contributed by atoms with E-state index in [1.807, 2.05) is 43.1 Å². The maximum absolute atomic E-state index is 12.3. The minimum Gasteiger partial charge on any atom is -0.353 e. The Morgan fingerprint density at radius 2 is 1.96 bits per heavy atom. The molecule has 0 aliphatic rings. The zero-order chi connectivity index (χ0) is 18.5. The molecule has 0 spiro atoms. The Kier molecular flexibility index (Phi) is 5.71. The summed E-state index contributed by atoms with van der Waals surface area (Å²) in [4.78, 5) is 22.3. The highest BCUT2D eigenvalue weighted by molar-refractivity contribution is 5.90. The van der Waals surface area contributed by atoms with E-state index in [4.69, 9.17) is 0 Å². The lowest BCUT2D eigenvalue weighted by atomic mass is 10.0. The number of fused-ring (bicyclic) bond motifs is 1. The van der Waals surface area contributed by atoms with Crippen molar-refractivity contribution in [3.63, 3.8) is 0 Å². The molecule has 3 aromatic rings. The fourth-order valence-corrected chi connectivity index (χ4v) is 3.50. The van der Waals surface area contributed by atoms with Crippen molar-refractivity contribution in [2.24, 2.45) is 0 Å². The molecule has 0 atom stereocenters. The molecular weight excluding hydrogens is 322 g/mol. The standard InChI is InChI=1S/C22H27N3O/c1-4-25(5-2)21(26)11-8-9-17-18-15-16(3)12-13-19(18)24-22(17)20-10-6-7-14-23-20/h6-7,10,12-15,24H,4-5,8-9,11H2,1-3H3. The van der Waals surface area contributed by atoms with Gasteiger partial charge in [-0.3, -0.25) is 9.78 Å². The number of aromatic amines is 1. The van der Waals surface area contributed by atoms with Crippen LogP contribution < -0.4 is 0 Å². The van der Waals surface area contributed by atoms with E-state index in [2.05, 4.69) is 35.1 Å². The van der Waals surface area contributed by atoms with Crippen LogP contribution in [0.4, 0.5) is 0 Å². The monoisotopic (exact) mass is 349 g/mol. The lowest BCUT2D eigenvalue weighted by molar-refractivity contribution is -0.130. The Balaban J connectivity index is 1.88. The molecule has 1 amide bonds. The molecule has 2 heterocycles. The first-order valence-electron chi connectivity index (χ1n) is 9.44. The van der Waals surface area contributed by atoms with E-state index >= 15 is 0 Å². The first-order chi connectivity index (χ1) is 12.6. The number of nitrogens with one attached hydrogen (secondary N) is 1. The molecule has 0 fully saturated rings. The normalized spacial score (nSPS) is 11.0. The van der Waals surface area contributed by atoms with E-state index in [9.17, 15) is 4.79 Å². The highest BCUT2D eigenvalue weighted by Crippen LogP contribution is 2.31. The van der Waals surface area contributed by atoms with Crippen LogP contribution >= 0.6 is 0 Å². The summed E-state index contributed by atoms with van der Waals surface area (Å²) in [5.41, 5.74) is 5.65. The van der Waals surface area contributed by atoms with Gasteiger partial charge in [0.25, 0.3) is 0 Å². The van der Waals surface area contributed by atoms with Crippen LogP contribution in [-0.4, -0.2) is 33.9 Å². The lowest BCUT2D eigenvalue weighted by Gasteiger charge is -2.18. The van der Waals surface area contributed by atoms with E-state index in [1.54, 1.807) is 0 Å². The molecule has 0 aliphatic heterocycles. The van der Waals surface area contributed by atoms with Gasteiger partial charge in [0.1, 0.15) is 0 Å². The van der Waals surface area contributed by atoms with Crippen LogP contribution in [0, 0.1) is 6.92 Å². The summed E-state index contributed by atoms with van der Waals surface area (Å²) in [5, 5.41) is 1.24. The minimum absolute atomic E-state index is 0.241. The highest BCUT2D eigenvalue weighted by Gasteiger charge is 2.15. The van der Waals surface area contributed by atoms with Gasteiger partial charge in [0, 0.05) is 36.6 Å². The molecule has 0 unspecified atom stereocenters. The summed E-state index contributed by atoms with van der Waals surface area (Å²) in [5.74, 6) is 0.241. The Labute approximate surface area is 155 Å². The first kappa shape index (κ1) is 18.2. The van der Waals surface area contributed by atoms with Crippen molar-refractivity contribution in [1.82, 2.24) is 14.9 Å². The molecule has 26 heavy (non-hydrogen) atoms. The molecule has 3 rings (SSSR count). The van der Waals surface area contributed by atoms with Crippen molar-refractivity contribution < 1.29 is 4.79 Å². The Morgan fingerprint density at radius 3 is 2.65 bits per heavy atom. The topological polar surface area (TPSA) is 49.0 Å². The van der Waals surface area contributed by atoms with Crippen molar-refractivity contribution in [3.05, 3.63) is 53.7 Å². The summed E-state index contributed by atoms with van der Waals surface area (Å²) in [6.45, 7) is 7.73. The number of H-pyrrole nitrogens is 1. The third kappa shape index (κ3) is 3.79. The number of hydrogen-bond acceptors (Lipinski definition) is 2. The molecule has 0 saturated heterocycles. The van der Waals surface area contributed by atoms with Gasteiger partial charge in [-0.25, -0.2) is 0 Å². The van der Waals surface area contributed by atoms with Crippen molar-refractivity contribution >= 4 is 16.8 Å². The SMILES string of the molecule is CCN(CC)C(=O)CCCc1c(-c2ccccn2)[nH]c2ccc(C)cc12. The molecule has 2 aromatic heterocycles. The number of aromatic nitrogens is 2. The molecule has 1 aromatic carbocycles. The average molecular weight is 349 g/mol. The van der Waals surface area contributed by atoms with E-state index in [0.717, 1.165) is 42.8 Å². The quantitative estimate of drug-likeness (QED) is 0.670. The Bertz CT molecular complexity index is 879. The fraction of sp³-hybridized carbons (Fsp3) is 0.364. The molecule has 1 N–H and O–H groups in total. The van der Waals surface area contributed by atoms with Gasteiger partial charge in [0.05, 0.1) is 11.4 Å². The van der Waals surface area contributed by atoms with Gasteiger partial charge in [-0.1, -0.05) is 17.7 Å². The van der Waals surface area contributed by atoms with Crippen LogP contribution in [0.2, 0.25) is 0 Å². The van der Waals surface area contributed by atoms with Gasteiger partial charge in [-0.15, -0.1) is 0 Å². The van der Waals surface area contributed by atoms with Gasteiger partial charge in [-0.05, 0) is 63.4 Å². The number of carbonyl (C=O) groups excluding carboxylic acids is 1. The summed E-state index contributed by atoms with van der Waals surface area (Å²) in [6, 6.07) is 12.4. The van der Waals surface area contributed by atoms with Crippen LogP contribution in [0.3, 0.4) is 0 Å². The highest BCUT2D eigenvalue weighted by atomic mass is 16.2. The number of aryl methyl sites for hydroxylation is 2. The number of benzene rings is 1. The van der Waals surface area contributed by atoms with Crippen LogP contribution in [0.15, 0.2) is 42.6 Å². The smallest absolute Gasteiger partial charge is 0.222 e. The average Bonchev–Trinajstić information content (AvgIpc) is 3.01. The van der Waals surface area contributed by atoms with E-state index < -0.39 is 0 Å². The van der Waals surface area contributed by atoms with Crippen molar-refractivity contribution in [2.75, 3.05) is 13.1 Å². The van der Waals surface area contributed by atoms with Gasteiger partial charge in [0.15, 0.2) is 0 Å². The molecule has 4 heteroatoms. The molecule has 0 saturated carbocycles. The van der Waals surface area contributed by atoms with Gasteiger partial charge in [0.2, 0.25) is 5.91 Å². The number of amides is 1. The number of pyridine rings is 1. The predicted octanol–water partition coefficient (Wildman–Crippen LogP) is 4.73. The second-order valence-corrected chi connectivity index (χ2v) is 6.66. The molecule has 0 bridgehead atoms. The molecular formula is C22H27N3O. The second kappa shape index (κ2) is 8.17. The molecule has 0 radical (unpaired) electrons. The van der Waals surface area contributed by atoms with E-state index in [-0.39, 0.29) is 5.91 Å². The summed E-state index contributed by atoms with van der Waals surface area (Å²) in [7, 11) is 0. The third-order valence-corrected chi connectivity index (χ3v) is 4.92. The zero-order valence-electron chi connectivity index (χ0n) is 15.9. The summed E-state index contributed by atoms with van der Waals surface area (Å²) in [6.07, 6.45) is 4.11. The maximum Gasteiger partial charge on any atom is 0.222 e. The lowest BCUT2D eigenvalue weighted by Crippen LogP contribution is -2.30. The van der Waals surface area contributed by atoms with Crippen molar-refractivity contribution in [1.29, 1.82) is 0 Å². The minimum atomic E-state index is 0.241. The Hall–Kier alpha value is -2.62. The van der Waals surface area contributed by atoms with E-state index in [0.29, 0.717) is 6.42 Å². The van der Waals surface area contributed by atoms with Crippen LogP contribution in [0.25, 0.3) is 22.3 Å². The van der Waals surface area contributed by atoms with Gasteiger partial charge >= 0.3 is 0 Å². The van der Waals surface area contributed by atoms with Crippen LogP contribution in [0.5, 0.6) is 0 Å². The Morgan fingerprint density at radius 1 is 1.15 bits per heavy atom. The first-order valence-corrected chi connectivity index (χ1v) is 9.44. The number of nitrogens with zero attached hydrogens (tertiary/aromatic N) is 2. The van der Waals surface area contributed by atoms with Crippen LogP contribution in [-0.2, 0) is 11.2 Å². The number of rotatable bonds is 7.